The van der Waals surface area contributed by atoms with E-state index in [0.29, 0.717) is 5.89 Å². The van der Waals surface area contributed by atoms with E-state index in [0.717, 1.165) is 32.6 Å². The van der Waals surface area contributed by atoms with Crippen LogP contribution in [0.3, 0.4) is 0 Å². The Morgan fingerprint density at radius 1 is 0.857 bits per heavy atom. The quantitative estimate of drug-likeness (QED) is 0.526. The summed E-state index contributed by atoms with van der Waals surface area (Å²) in [5, 5.41) is 14.5. The van der Waals surface area contributed by atoms with Crippen LogP contribution >= 0.6 is 0 Å². The number of hydrogen-bond acceptors (Lipinski definition) is 3. The molecule has 0 saturated heterocycles. The van der Waals surface area contributed by atoms with E-state index in [2.05, 4.69) is 17.1 Å². The maximum Gasteiger partial charge on any atom is 0.226 e. The number of hydrogen-bond donors (Lipinski definition) is 1. The van der Waals surface area contributed by atoms with E-state index in [1.54, 1.807) is 13.8 Å². The SMILES string of the molecule is CC(C)(O)c1nc2c3ccccc3c3ccccc3c2o1. The highest BCUT2D eigenvalue weighted by Crippen LogP contribution is 2.36. The molecule has 4 aromatic rings. The lowest BCUT2D eigenvalue weighted by Crippen LogP contribution is -2.15. The van der Waals surface area contributed by atoms with E-state index in [-0.39, 0.29) is 0 Å². The minimum atomic E-state index is -1.10. The number of benzene rings is 3. The molecule has 3 heteroatoms. The second-order valence-corrected chi connectivity index (χ2v) is 5.85. The van der Waals surface area contributed by atoms with Crippen LogP contribution in [0.2, 0.25) is 0 Å². The molecule has 0 spiro atoms. The van der Waals surface area contributed by atoms with Gasteiger partial charge in [-0.15, -0.1) is 0 Å². The lowest BCUT2D eigenvalue weighted by molar-refractivity contribution is 0.0502. The Hall–Kier alpha value is -2.39. The molecule has 0 radical (unpaired) electrons. The summed E-state index contributed by atoms with van der Waals surface area (Å²) in [4.78, 5) is 4.55. The molecule has 3 aromatic carbocycles. The van der Waals surface area contributed by atoms with Crippen molar-refractivity contribution in [2.75, 3.05) is 0 Å². The van der Waals surface area contributed by atoms with E-state index < -0.39 is 5.60 Å². The van der Waals surface area contributed by atoms with Gasteiger partial charge in [-0.2, -0.15) is 0 Å². The third-order valence-electron chi connectivity index (χ3n) is 3.79. The average Bonchev–Trinajstić information content (AvgIpc) is 2.93. The van der Waals surface area contributed by atoms with E-state index >= 15 is 0 Å². The van der Waals surface area contributed by atoms with Gasteiger partial charge in [0.25, 0.3) is 0 Å². The molecule has 0 fully saturated rings. The Balaban J connectivity index is 2.29. The van der Waals surface area contributed by atoms with Gasteiger partial charge in [-0.1, -0.05) is 48.5 Å². The number of aliphatic hydroxyl groups is 1. The molecule has 1 heterocycles. The molecular weight excluding hydrogens is 262 g/mol. The highest BCUT2D eigenvalue weighted by molar-refractivity contribution is 6.22. The highest BCUT2D eigenvalue weighted by atomic mass is 16.4. The van der Waals surface area contributed by atoms with Crippen molar-refractivity contribution in [1.82, 2.24) is 4.98 Å². The molecule has 1 N–H and O–H groups in total. The smallest absolute Gasteiger partial charge is 0.226 e. The van der Waals surface area contributed by atoms with Crippen LogP contribution in [-0.4, -0.2) is 10.1 Å². The molecule has 21 heavy (non-hydrogen) atoms. The van der Waals surface area contributed by atoms with Gasteiger partial charge in [0.2, 0.25) is 5.89 Å². The van der Waals surface area contributed by atoms with Crippen LogP contribution in [0.15, 0.2) is 52.9 Å². The van der Waals surface area contributed by atoms with Crippen LogP contribution in [0.4, 0.5) is 0 Å². The van der Waals surface area contributed by atoms with Crippen molar-refractivity contribution in [2.45, 2.75) is 19.4 Å². The fourth-order valence-corrected chi connectivity index (χ4v) is 2.79. The normalized spacial score (nSPS) is 12.5. The Kier molecular flexibility index (Phi) is 2.39. The van der Waals surface area contributed by atoms with Crippen molar-refractivity contribution in [2.24, 2.45) is 0 Å². The van der Waals surface area contributed by atoms with Crippen molar-refractivity contribution in [3.05, 3.63) is 54.4 Å². The minimum absolute atomic E-state index is 0.346. The maximum absolute atomic E-state index is 10.2. The Morgan fingerprint density at radius 2 is 1.38 bits per heavy atom. The van der Waals surface area contributed by atoms with Gasteiger partial charge in [-0.05, 0) is 24.6 Å². The van der Waals surface area contributed by atoms with Gasteiger partial charge in [0, 0.05) is 10.8 Å². The third kappa shape index (κ3) is 1.74. The lowest BCUT2D eigenvalue weighted by Gasteiger charge is -2.10. The molecular formula is C18H15NO2. The maximum atomic E-state index is 10.2. The summed E-state index contributed by atoms with van der Waals surface area (Å²) in [6.07, 6.45) is 0. The number of fused-ring (bicyclic) bond motifs is 6. The van der Waals surface area contributed by atoms with Gasteiger partial charge in [-0.3, -0.25) is 0 Å². The highest BCUT2D eigenvalue weighted by Gasteiger charge is 2.25. The van der Waals surface area contributed by atoms with Crippen molar-refractivity contribution in [3.63, 3.8) is 0 Å². The fraction of sp³-hybridized carbons (Fsp3) is 0.167. The van der Waals surface area contributed by atoms with E-state index in [4.69, 9.17) is 4.42 Å². The Bertz CT molecular complexity index is 904. The zero-order chi connectivity index (χ0) is 14.6. The van der Waals surface area contributed by atoms with Gasteiger partial charge < -0.3 is 9.52 Å². The topological polar surface area (TPSA) is 46.3 Å². The second kappa shape index (κ2) is 4.06. The van der Waals surface area contributed by atoms with Crippen molar-refractivity contribution >= 4 is 32.6 Å². The molecule has 0 unspecified atom stereocenters. The molecule has 1 aromatic heterocycles. The molecule has 0 bridgehead atoms. The first-order chi connectivity index (χ1) is 10.1. The molecule has 3 nitrogen and oxygen atoms in total. The average molecular weight is 277 g/mol. The molecule has 0 saturated carbocycles. The van der Waals surface area contributed by atoms with Crippen molar-refractivity contribution in [3.8, 4) is 0 Å². The van der Waals surface area contributed by atoms with Gasteiger partial charge in [0.15, 0.2) is 5.58 Å². The largest absolute Gasteiger partial charge is 0.437 e. The number of nitrogens with zero attached hydrogens (tertiary/aromatic N) is 1. The zero-order valence-electron chi connectivity index (χ0n) is 11.9. The standard InChI is InChI=1S/C18H15NO2/c1-18(2,20)17-19-15-13-9-5-3-7-11(13)12-8-4-6-10-14(12)16(15)21-17/h3-10,20H,1-2H3. The lowest BCUT2D eigenvalue weighted by atomic mass is 10.0. The summed E-state index contributed by atoms with van der Waals surface area (Å²) in [7, 11) is 0. The van der Waals surface area contributed by atoms with Gasteiger partial charge in [0.05, 0.1) is 0 Å². The van der Waals surface area contributed by atoms with Crippen molar-refractivity contribution < 1.29 is 9.52 Å². The molecule has 0 amide bonds. The third-order valence-corrected chi connectivity index (χ3v) is 3.79. The van der Waals surface area contributed by atoms with Crippen LogP contribution in [0, 0.1) is 0 Å². The van der Waals surface area contributed by atoms with Crippen LogP contribution in [0.25, 0.3) is 32.6 Å². The summed E-state index contributed by atoms with van der Waals surface area (Å²) in [6, 6.07) is 16.3. The summed E-state index contributed by atoms with van der Waals surface area (Å²) >= 11 is 0. The van der Waals surface area contributed by atoms with Crippen LogP contribution in [-0.2, 0) is 5.60 Å². The predicted octanol–water partition coefficient (Wildman–Crippen LogP) is 4.36. The Labute approximate surface area is 121 Å². The fourth-order valence-electron chi connectivity index (χ4n) is 2.79. The van der Waals surface area contributed by atoms with Crippen LogP contribution < -0.4 is 0 Å². The molecule has 0 aliphatic rings. The first kappa shape index (κ1) is 12.4. The monoisotopic (exact) mass is 277 g/mol. The second-order valence-electron chi connectivity index (χ2n) is 5.85. The van der Waals surface area contributed by atoms with Crippen LogP contribution in [0.1, 0.15) is 19.7 Å². The minimum Gasteiger partial charge on any atom is -0.437 e. The molecule has 4 rings (SSSR count). The van der Waals surface area contributed by atoms with Gasteiger partial charge in [0.1, 0.15) is 11.1 Å². The number of oxazole rings is 1. The number of aromatic nitrogens is 1. The van der Waals surface area contributed by atoms with E-state index in [1.165, 1.54) is 0 Å². The summed E-state index contributed by atoms with van der Waals surface area (Å²) in [5.74, 6) is 0.346. The van der Waals surface area contributed by atoms with E-state index in [1.807, 2.05) is 36.4 Å². The number of rotatable bonds is 1. The first-order valence-electron chi connectivity index (χ1n) is 6.98. The Morgan fingerprint density at radius 3 is 2.00 bits per heavy atom. The first-order valence-corrected chi connectivity index (χ1v) is 6.98. The van der Waals surface area contributed by atoms with Crippen molar-refractivity contribution in [1.29, 1.82) is 0 Å². The molecule has 0 atom stereocenters. The molecule has 104 valence electrons. The van der Waals surface area contributed by atoms with Gasteiger partial charge >= 0.3 is 0 Å². The van der Waals surface area contributed by atoms with Crippen LogP contribution in [0.5, 0.6) is 0 Å². The predicted molar refractivity (Wildman–Crippen MR) is 84.3 cm³/mol. The summed E-state index contributed by atoms with van der Waals surface area (Å²) < 4.78 is 5.89. The molecule has 0 aliphatic heterocycles. The summed E-state index contributed by atoms with van der Waals surface area (Å²) in [5.41, 5.74) is 0.448. The summed E-state index contributed by atoms with van der Waals surface area (Å²) in [6.45, 7) is 3.37. The van der Waals surface area contributed by atoms with Gasteiger partial charge in [-0.25, -0.2) is 4.98 Å². The molecule has 0 aliphatic carbocycles. The zero-order valence-corrected chi connectivity index (χ0v) is 11.9. The van der Waals surface area contributed by atoms with E-state index in [9.17, 15) is 5.11 Å².